The van der Waals surface area contributed by atoms with E-state index in [4.69, 9.17) is 12.2 Å². The molecule has 2 aromatic rings. The van der Waals surface area contributed by atoms with Gasteiger partial charge < -0.3 is 9.88 Å². The molecule has 0 saturated carbocycles. The largest absolute Gasteiger partial charge is 0.330 e. The summed E-state index contributed by atoms with van der Waals surface area (Å²) in [5, 5.41) is 0.0505. The average Bonchev–Trinajstić information content (AvgIpc) is 2.73. The molecule has 0 bridgehead atoms. The second-order valence-electron chi connectivity index (χ2n) is 4.33. The highest BCUT2D eigenvalue weighted by Crippen LogP contribution is 2.14. The van der Waals surface area contributed by atoms with Gasteiger partial charge in [-0.2, -0.15) is 0 Å². The second kappa shape index (κ2) is 6.23. The smallest absolute Gasteiger partial charge is 0.330 e. The lowest BCUT2D eigenvalue weighted by Crippen LogP contribution is -2.33. The van der Waals surface area contributed by atoms with Crippen molar-refractivity contribution in [2.75, 3.05) is 19.3 Å². The van der Waals surface area contributed by atoms with E-state index in [1.54, 1.807) is 11.9 Å². The molecule has 20 heavy (non-hydrogen) atoms. The maximum absolute atomic E-state index is 12.4. The Kier molecular flexibility index (Phi) is 4.61. The Morgan fingerprint density at radius 1 is 1.40 bits per heavy atom. The van der Waals surface area contributed by atoms with Gasteiger partial charge in [0, 0.05) is 26.3 Å². The van der Waals surface area contributed by atoms with Gasteiger partial charge in [-0.25, -0.2) is 9.36 Å². The topological polar surface area (TPSA) is 58.1 Å². The van der Waals surface area contributed by atoms with E-state index < -0.39 is 0 Å². The molecule has 1 aromatic heterocycles. The first-order valence-electron chi connectivity index (χ1n) is 6.09. The minimum absolute atomic E-state index is 0.0505. The van der Waals surface area contributed by atoms with Crippen LogP contribution in [0.2, 0.25) is 0 Å². The van der Waals surface area contributed by atoms with Crippen LogP contribution in [0.15, 0.2) is 24.3 Å². The van der Waals surface area contributed by atoms with E-state index in [2.05, 4.69) is 4.98 Å². The third-order valence-corrected chi connectivity index (χ3v) is 3.92. The molecule has 0 fully saturated rings. The number of nitrogens with zero attached hydrogens (tertiary/aromatic N) is 2. The molecule has 5 nitrogen and oxygen atoms in total. The zero-order valence-corrected chi connectivity index (χ0v) is 12.9. The first-order chi connectivity index (χ1) is 9.50. The number of aromatic nitrogens is 2. The van der Waals surface area contributed by atoms with Gasteiger partial charge in [-0.3, -0.25) is 4.79 Å². The fourth-order valence-electron chi connectivity index (χ4n) is 1.84. The van der Waals surface area contributed by atoms with Crippen molar-refractivity contribution in [3.8, 4) is 0 Å². The first kappa shape index (κ1) is 14.8. The average molecular weight is 309 g/mol. The van der Waals surface area contributed by atoms with E-state index in [0.717, 1.165) is 11.0 Å². The molecule has 0 unspecified atom stereocenters. The molecule has 0 saturated heterocycles. The van der Waals surface area contributed by atoms with E-state index in [1.165, 1.54) is 23.3 Å². The van der Waals surface area contributed by atoms with Crippen LogP contribution in [0, 0.1) is 4.77 Å². The Labute approximate surface area is 126 Å². The van der Waals surface area contributed by atoms with Crippen molar-refractivity contribution in [2.24, 2.45) is 0 Å². The van der Waals surface area contributed by atoms with Gasteiger partial charge in [0.15, 0.2) is 9.89 Å². The number of amides is 1. The number of fused-ring (bicyclic) bond motifs is 1. The molecule has 0 aliphatic rings. The number of rotatable bonds is 3. The number of hydrogen-bond donors (Lipinski definition) is 1. The number of benzene rings is 1. The van der Waals surface area contributed by atoms with Crippen LogP contribution in [-0.4, -0.2) is 44.9 Å². The summed E-state index contributed by atoms with van der Waals surface area (Å²) in [6.07, 6.45) is 0. The molecule has 0 atom stereocenters. The van der Waals surface area contributed by atoms with Crippen LogP contribution in [-0.2, 0) is 4.79 Å². The summed E-state index contributed by atoms with van der Waals surface area (Å²) in [4.78, 5) is 27.9. The van der Waals surface area contributed by atoms with Crippen LogP contribution in [0.5, 0.6) is 0 Å². The quantitative estimate of drug-likeness (QED) is 0.886. The Morgan fingerprint density at radius 3 is 2.80 bits per heavy atom. The molecule has 7 heteroatoms. The minimum Gasteiger partial charge on any atom is -0.330 e. The second-order valence-corrected chi connectivity index (χ2v) is 5.99. The zero-order chi connectivity index (χ0) is 14.7. The van der Waals surface area contributed by atoms with Gasteiger partial charge >= 0.3 is 6.03 Å². The molecule has 1 N–H and O–H groups in total. The van der Waals surface area contributed by atoms with Crippen molar-refractivity contribution < 1.29 is 9.59 Å². The monoisotopic (exact) mass is 309 g/mol. The number of thioether (sulfide) groups is 1. The molecule has 0 aliphatic carbocycles. The molecule has 0 spiro atoms. The number of aromatic amines is 1. The molecular weight excluding hydrogens is 294 g/mol. The van der Waals surface area contributed by atoms with Crippen molar-refractivity contribution in [3.05, 3.63) is 29.0 Å². The summed E-state index contributed by atoms with van der Waals surface area (Å²) < 4.78 is 1.85. The van der Waals surface area contributed by atoms with Crippen LogP contribution in [0.4, 0.5) is 4.79 Å². The van der Waals surface area contributed by atoms with Gasteiger partial charge in [-0.1, -0.05) is 23.9 Å². The van der Waals surface area contributed by atoms with E-state index in [0.29, 0.717) is 17.1 Å². The van der Waals surface area contributed by atoms with Crippen molar-refractivity contribution in [1.29, 1.82) is 0 Å². The van der Waals surface area contributed by atoms with E-state index in [-0.39, 0.29) is 11.1 Å². The number of nitrogens with one attached hydrogen (secondary N) is 1. The van der Waals surface area contributed by atoms with Crippen LogP contribution in [0.25, 0.3) is 11.0 Å². The summed E-state index contributed by atoms with van der Waals surface area (Å²) in [7, 11) is 1.70. The Bertz CT molecular complexity index is 705. The van der Waals surface area contributed by atoms with Gasteiger partial charge in [0.2, 0.25) is 0 Å². The predicted octanol–water partition coefficient (Wildman–Crippen LogP) is 2.88. The van der Waals surface area contributed by atoms with Crippen molar-refractivity contribution in [2.45, 2.75) is 6.92 Å². The Hall–Kier alpha value is -1.60. The number of carbonyl (C=O) groups is 2. The molecule has 1 heterocycles. The molecule has 0 aliphatic heterocycles. The molecule has 1 amide bonds. The molecular formula is C13H15N3O2S2. The summed E-state index contributed by atoms with van der Waals surface area (Å²) >= 11 is 6.41. The lowest BCUT2D eigenvalue weighted by Gasteiger charge is -2.17. The summed E-state index contributed by atoms with van der Waals surface area (Å²) in [5.74, 6) is 0.577. The minimum atomic E-state index is -0.198. The third-order valence-electron chi connectivity index (χ3n) is 2.84. The van der Waals surface area contributed by atoms with Gasteiger partial charge in [-0.05, 0) is 24.4 Å². The van der Waals surface area contributed by atoms with Crippen LogP contribution < -0.4 is 0 Å². The van der Waals surface area contributed by atoms with Crippen LogP contribution >= 0.6 is 24.0 Å². The standard InChI is InChI=1S/C13H15N3O2S2/c1-9(17)20-8-7-15(2)13(18)16-11-6-4-3-5-10(11)14-12(16)19/h3-6H,7-8H2,1-2H3,(H,14,19). The molecule has 1 aromatic carbocycles. The number of hydrogen-bond acceptors (Lipinski definition) is 4. The van der Waals surface area contributed by atoms with Gasteiger partial charge in [0.25, 0.3) is 0 Å². The summed E-state index contributed by atoms with van der Waals surface area (Å²) in [5.41, 5.74) is 1.59. The van der Waals surface area contributed by atoms with E-state index in [9.17, 15) is 9.59 Å². The highest BCUT2D eigenvalue weighted by atomic mass is 32.2. The van der Waals surface area contributed by atoms with Gasteiger partial charge in [0.05, 0.1) is 11.0 Å². The van der Waals surface area contributed by atoms with Crippen LogP contribution in [0.3, 0.4) is 0 Å². The summed E-state index contributed by atoms with van der Waals surface area (Å²) in [6, 6.07) is 7.27. The molecule has 106 valence electrons. The SMILES string of the molecule is CC(=O)SCCN(C)C(=O)n1c(=S)[nH]c2ccccc21. The number of H-pyrrole nitrogens is 1. The number of para-hydroxylation sites is 2. The Morgan fingerprint density at radius 2 is 2.10 bits per heavy atom. The lowest BCUT2D eigenvalue weighted by atomic mass is 10.3. The van der Waals surface area contributed by atoms with E-state index >= 15 is 0 Å². The number of imidazole rings is 1. The fourth-order valence-corrected chi connectivity index (χ4v) is 2.78. The molecule has 2 rings (SSSR count). The maximum Gasteiger partial charge on any atom is 0.330 e. The molecule has 0 radical (unpaired) electrons. The fraction of sp³-hybridized carbons (Fsp3) is 0.308. The summed E-state index contributed by atoms with van der Waals surface area (Å²) in [6.45, 7) is 2.01. The first-order valence-corrected chi connectivity index (χ1v) is 7.48. The van der Waals surface area contributed by atoms with E-state index in [1.807, 2.05) is 24.3 Å². The Balaban J connectivity index is 2.20. The van der Waals surface area contributed by atoms with Crippen molar-refractivity contribution in [3.63, 3.8) is 0 Å². The predicted molar refractivity (Wildman–Crippen MR) is 83.7 cm³/mol. The van der Waals surface area contributed by atoms with Crippen molar-refractivity contribution in [1.82, 2.24) is 14.5 Å². The number of carbonyl (C=O) groups excluding carboxylic acids is 2. The van der Waals surface area contributed by atoms with Gasteiger partial charge in [0.1, 0.15) is 0 Å². The third kappa shape index (κ3) is 3.10. The highest BCUT2D eigenvalue weighted by Gasteiger charge is 2.15. The zero-order valence-electron chi connectivity index (χ0n) is 11.3. The van der Waals surface area contributed by atoms with Gasteiger partial charge in [-0.15, -0.1) is 0 Å². The maximum atomic E-state index is 12.4. The lowest BCUT2D eigenvalue weighted by molar-refractivity contribution is -0.109. The highest BCUT2D eigenvalue weighted by molar-refractivity contribution is 8.13. The normalized spacial score (nSPS) is 10.7. The van der Waals surface area contributed by atoms with Crippen LogP contribution in [0.1, 0.15) is 6.92 Å². The van der Waals surface area contributed by atoms with Crippen molar-refractivity contribution >= 4 is 46.2 Å².